The SMILES string of the molecule is Cc1c(Cl)cccc1NCc1cccc(C#N)c1. The first-order valence-corrected chi connectivity index (χ1v) is 6.06. The highest BCUT2D eigenvalue weighted by Crippen LogP contribution is 2.23. The number of hydrogen-bond donors (Lipinski definition) is 1. The third kappa shape index (κ3) is 2.82. The summed E-state index contributed by atoms with van der Waals surface area (Å²) in [7, 11) is 0. The zero-order chi connectivity index (χ0) is 13.0. The van der Waals surface area contributed by atoms with Crippen LogP contribution in [0.4, 0.5) is 5.69 Å². The summed E-state index contributed by atoms with van der Waals surface area (Å²) in [6, 6.07) is 15.5. The fourth-order valence-corrected chi connectivity index (χ4v) is 1.92. The minimum absolute atomic E-state index is 0.677. The minimum atomic E-state index is 0.677. The van der Waals surface area contributed by atoms with Gasteiger partial charge in [0.2, 0.25) is 0 Å². The summed E-state index contributed by atoms with van der Waals surface area (Å²) >= 11 is 6.06. The second-order valence-electron chi connectivity index (χ2n) is 4.08. The van der Waals surface area contributed by atoms with Gasteiger partial charge in [-0.2, -0.15) is 5.26 Å². The molecule has 0 saturated heterocycles. The number of benzene rings is 2. The van der Waals surface area contributed by atoms with Gasteiger partial charge in [0, 0.05) is 17.3 Å². The maximum Gasteiger partial charge on any atom is 0.0991 e. The summed E-state index contributed by atoms with van der Waals surface area (Å²) in [6.07, 6.45) is 0. The summed E-state index contributed by atoms with van der Waals surface area (Å²) in [5.74, 6) is 0. The molecule has 1 N–H and O–H groups in total. The van der Waals surface area contributed by atoms with Crippen molar-refractivity contribution in [3.63, 3.8) is 0 Å². The van der Waals surface area contributed by atoms with E-state index < -0.39 is 0 Å². The molecule has 0 bridgehead atoms. The summed E-state index contributed by atoms with van der Waals surface area (Å²) in [5, 5.41) is 12.9. The van der Waals surface area contributed by atoms with Gasteiger partial charge in [0.1, 0.15) is 0 Å². The molecule has 0 aliphatic heterocycles. The van der Waals surface area contributed by atoms with Crippen molar-refractivity contribution in [3.8, 4) is 6.07 Å². The molecule has 2 aromatic carbocycles. The smallest absolute Gasteiger partial charge is 0.0991 e. The highest BCUT2D eigenvalue weighted by molar-refractivity contribution is 6.31. The number of anilines is 1. The molecule has 2 rings (SSSR count). The van der Waals surface area contributed by atoms with Crippen molar-refractivity contribution in [3.05, 3.63) is 64.2 Å². The molecule has 2 nitrogen and oxygen atoms in total. The molecule has 0 fully saturated rings. The molecular weight excluding hydrogens is 244 g/mol. The molecule has 0 amide bonds. The number of nitrogens with zero attached hydrogens (tertiary/aromatic N) is 1. The van der Waals surface area contributed by atoms with Crippen molar-refractivity contribution < 1.29 is 0 Å². The highest BCUT2D eigenvalue weighted by atomic mass is 35.5. The molecule has 0 unspecified atom stereocenters. The fourth-order valence-electron chi connectivity index (χ4n) is 1.75. The van der Waals surface area contributed by atoms with E-state index in [9.17, 15) is 0 Å². The molecular formula is C15H13ClN2. The predicted octanol–water partition coefficient (Wildman–Crippen LogP) is 4.13. The molecule has 3 heteroatoms. The average Bonchev–Trinajstić information content (AvgIpc) is 2.41. The quantitative estimate of drug-likeness (QED) is 0.896. The van der Waals surface area contributed by atoms with Crippen LogP contribution in [0.5, 0.6) is 0 Å². The van der Waals surface area contributed by atoms with Crippen molar-refractivity contribution in [2.45, 2.75) is 13.5 Å². The lowest BCUT2D eigenvalue weighted by molar-refractivity contribution is 1.14. The first-order chi connectivity index (χ1) is 8.70. The van der Waals surface area contributed by atoms with Crippen LogP contribution >= 0.6 is 11.6 Å². The zero-order valence-corrected chi connectivity index (χ0v) is 10.8. The Bertz CT molecular complexity index is 600. The van der Waals surface area contributed by atoms with E-state index >= 15 is 0 Å². The lowest BCUT2D eigenvalue weighted by Gasteiger charge is -2.10. The van der Waals surface area contributed by atoms with Crippen LogP contribution in [0.3, 0.4) is 0 Å². The first kappa shape index (κ1) is 12.5. The summed E-state index contributed by atoms with van der Waals surface area (Å²) in [6.45, 7) is 2.66. The van der Waals surface area contributed by atoms with Gasteiger partial charge in [-0.25, -0.2) is 0 Å². The lowest BCUT2D eigenvalue weighted by atomic mass is 10.1. The third-order valence-corrected chi connectivity index (χ3v) is 3.22. The molecule has 90 valence electrons. The number of nitriles is 1. The molecule has 0 aromatic heterocycles. The average molecular weight is 257 g/mol. The molecule has 0 atom stereocenters. The molecule has 0 heterocycles. The maximum absolute atomic E-state index is 8.84. The van der Waals surface area contributed by atoms with Crippen LogP contribution in [0.15, 0.2) is 42.5 Å². The Morgan fingerprint density at radius 3 is 2.78 bits per heavy atom. The van der Waals surface area contributed by atoms with Gasteiger partial charge in [-0.1, -0.05) is 29.8 Å². The Morgan fingerprint density at radius 1 is 1.22 bits per heavy atom. The van der Waals surface area contributed by atoms with Crippen molar-refractivity contribution in [1.29, 1.82) is 5.26 Å². The minimum Gasteiger partial charge on any atom is -0.381 e. The second kappa shape index (κ2) is 5.57. The van der Waals surface area contributed by atoms with Crippen LogP contribution in [-0.4, -0.2) is 0 Å². The van der Waals surface area contributed by atoms with Crippen LogP contribution in [-0.2, 0) is 6.54 Å². The van der Waals surface area contributed by atoms with Crippen LogP contribution < -0.4 is 5.32 Å². The third-order valence-electron chi connectivity index (χ3n) is 2.81. The van der Waals surface area contributed by atoms with E-state index in [1.807, 2.05) is 43.3 Å². The van der Waals surface area contributed by atoms with Crippen molar-refractivity contribution in [1.82, 2.24) is 0 Å². The van der Waals surface area contributed by atoms with E-state index in [4.69, 9.17) is 16.9 Å². The van der Waals surface area contributed by atoms with Gasteiger partial charge in [-0.3, -0.25) is 0 Å². The van der Waals surface area contributed by atoms with Gasteiger partial charge in [-0.15, -0.1) is 0 Å². The van der Waals surface area contributed by atoms with Crippen molar-refractivity contribution in [2.24, 2.45) is 0 Å². The van der Waals surface area contributed by atoms with E-state index in [1.165, 1.54) is 0 Å². The van der Waals surface area contributed by atoms with Gasteiger partial charge >= 0.3 is 0 Å². The monoisotopic (exact) mass is 256 g/mol. The Hall–Kier alpha value is -1.98. The highest BCUT2D eigenvalue weighted by Gasteiger charge is 2.01. The van der Waals surface area contributed by atoms with E-state index in [1.54, 1.807) is 6.07 Å². The lowest BCUT2D eigenvalue weighted by Crippen LogP contribution is -2.01. The predicted molar refractivity (Wildman–Crippen MR) is 74.7 cm³/mol. The van der Waals surface area contributed by atoms with Crippen LogP contribution in [0, 0.1) is 18.3 Å². The number of nitrogens with one attached hydrogen (secondary N) is 1. The summed E-state index contributed by atoms with van der Waals surface area (Å²) < 4.78 is 0. The summed E-state index contributed by atoms with van der Waals surface area (Å²) in [5.41, 5.74) is 3.81. The normalized spacial score (nSPS) is 9.83. The van der Waals surface area contributed by atoms with Crippen molar-refractivity contribution in [2.75, 3.05) is 5.32 Å². The molecule has 2 aromatic rings. The van der Waals surface area contributed by atoms with Crippen LogP contribution in [0.25, 0.3) is 0 Å². The standard InChI is InChI=1S/C15H13ClN2/c1-11-14(16)6-3-7-15(11)18-10-13-5-2-4-12(8-13)9-17/h2-8,18H,10H2,1H3. The number of hydrogen-bond acceptors (Lipinski definition) is 2. The second-order valence-corrected chi connectivity index (χ2v) is 4.49. The fraction of sp³-hybridized carbons (Fsp3) is 0.133. The largest absolute Gasteiger partial charge is 0.381 e. The Kier molecular flexibility index (Phi) is 3.86. The molecule has 0 spiro atoms. The molecule has 18 heavy (non-hydrogen) atoms. The topological polar surface area (TPSA) is 35.8 Å². The van der Waals surface area contributed by atoms with Gasteiger partial charge in [0.25, 0.3) is 0 Å². The van der Waals surface area contributed by atoms with E-state index in [0.29, 0.717) is 12.1 Å². The van der Waals surface area contributed by atoms with Gasteiger partial charge in [0.05, 0.1) is 11.6 Å². The van der Waals surface area contributed by atoms with E-state index in [0.717, 1.165) is 21.8 Å². The maximum atomic E-state index is 8.84. The van der Waals surface area contributed by atoms with E-state index in [2.05, 4.69) is 11.4 Å². The molecule has 0 radical (unpaired) electrons. The molecule has 0 saturated carbocycles. The van der Waals surface area contributed by atoms with Crippen molar-refractivity contribution >= 4 is 17.3 Å². The van der Waals surface area contributed by atoms with Gasteiger partial charge in [0.15, 0.2) is 0 Å². The van der Waals surface area contributed by atoms with Gasteiger partial charge in [-0.05, 0) is 42.3 Å². The van der Waals surface area contributed by atoms with E-state index in [-0.39, 0.29) is 0 Å². The first-order valence-electron chi connectivity index (χ1n) is 5.69. The zero-order valence-electron chi connectivity index (χ0n) is 10.1. The Labute approximate surface area is 112 Å². The van der Waals surface area contributed by atoms with Gasteiger partial charge < -0.3 is 5.32 Å². The Morgan fingerprint density at radius 2 is 2.00 bits per heavy atom. The number of rotatable bonds is 3. The number of halogens is 1. The molecule has 0 aliphatic carbocycles. The van der Waals surface area contributed by atoms with Crippen LogP contribution in [0.2, 0.25) is 5.02 Å². The Balaban J connectivity index is 2.12. The van der Waals surface area contributed by atoms with Crippen LogP contribution in [0.1, 0.15) is 16.7 Å². The summed E-state index contributed by atoms with van der Waals surface area (Å²) in [4.78, 5) is 0. The molecule has 0 aliphatic rings.